The van der Waals surface area contributed by atoms with Gasteiger partial charge in [-0.3, -0.25) is 4.79 Å². The van der Waals surface area contributed by atoms with E-state index in [0.717, 1.165) is 32.5 Å². The lowest BCUT2D eigenvalue weighted by Crippen LogP contribution is -2.26. The van der Waals surface area contributed by atoms with Crippen molar-refractivity contribution in [1.29, 1.82) is 0 Å². The molecule has 0 saturated carbocycles. The molecule has 20 heavy (non-hydrogen) atoms. The van der Waals surface area contributed by atoms with E-state index in [9.17, 15) is 4.79 Å². The van der Waals surface area contributed by atoms with E-state index in [4.69, 9.17) is 5.73 Å². The average molecular weight is 278 g/mol. The maximum atomic E-state index is 11.3. The molecule has 1 aromatic heterocycles. The molecule has 0 spiro atoms. The molecule has 0 aliphatic carbocycles. The zero-order chi connectivity index (χ0) is 15.0. The van der Waals surface area contributed by atoms with Crippen LogP contribution >= 0.6 is 0 Å². The predicted octanol–water partition coefficient (Wildman–Crippen LogP) is 2.10. The first kappa shape index (κ1) is 16.4. The largest absolute Gasteiger partial charge is 0.367 e. The zero-order valence-corrected chi connectivity index (χ0v) is 12.7. The Morgan fingerprint density at radius 3 is 2.75 bits per heavy atom. The molecular weight excluding hydrogens is 252 g/mol. The number of anilines is 1. The Balaban J connectivity index is 2.46. The van der Waals surface area contributed by atoms with Crippen molar-refractivity contribution in [2.75, 3.05) is 25.0 Å². The second-order valence-electron chi connectivity index (χ2n) is 4.98. The molecule has 3 N–H and O–H groups in total. The summed E-state index contributed by atoms with van der Waals surface area (Å²) in [5.74, 6) is 0.131. The highest BCUT2D eigenvalue weighted by Crippen LogP contribution is 2.13. The van der Waals surface area contributed by atoms with Crippen LogP contribution < -0.4 is 11.1 Å². The van der Waals surface area contributed by atoms with Crippen LogP contribution in [0.3, 0.4) is 0 Å². The summed E-state index contributed by atoms with van der Waals surface area (Å²) in [5.41, 5.74) is 5.79. The smallest absolute Gasteiger partial charge is 0.252 e. The third-order valence-electron chi connectivity index (χ3n) is 3.46. The fourth-order valence-electron chi connectivity index (χ4n) is 2.19. The lowest BCUT2D eigenvalue weighted by Gasteiger charge is -2.20. The standard InChI is InChI=1S/C15H26N4O/c1-4-19(5-2)11-7-8-12(3)18-15-13(14(16)20)9-6-10-17-15/h6,9-10,12H,4-5,7-8,11H2,1-3H3,(H2,16,20)(H,17,18). The van der Waals surface area contributed by atoms with E-state index in [1.807, 2.05) is 0 Å². The van der Waals surface area contributed by atoms with Gasteiger partial charge in [0.05, 0.1) is 5.56 Å². The number of nitrogens with one attached hydrogen (secondary N) is 1. The van der Waals surface area contributed by atoms with Gasteiger partial charge >= 0.3 is 0 Å². The second-order valence-corrected chi connectivity index (χ2v) is 4.98. The monoisotopic (exact) mass is 278 g/mol. The van der Waals surface area contributed by atoms with Crippen molar-refractivity contribution in [2.24, 2.45) is 5.73 Å². The Bertz CT molecular complexity index is 418. The van der Waals surface area contributed by atoms with Crippen LogP contribution in [0.5, 0.6) is 0 Å². The minimum atomic E-state index is -0.448. The third-order valence-corrected chi connectivity index (χ3v) is 3.46. The van der Waals surface area contributed by atoms with E-state index in [1.165, 1.54) is 0 Å². The van der Waals surface area contributed by atoms with Crippen molar-refractivity contribution in [2.45, 2.75) is 39.7 Å². The molecule has 0 fully saturated rings. The van der Waals surface area contributed by atoms with E-state index in [-0.39, 0.29) is 6.04 Å². The summed E-state index contributed by atoms with van der Waals surface area (Å²) in [5, 5.41) is 3.27. The highest BCUT2D eigenvalue weighted by Gasteiger charge is 2.11. The van der Waals surface area contributed by atoms with Crippen LogP contribution in [0.4, 0.5) is 5.82 Å². The van der Waals surface area contributed by atoms with Crippen molar-refractivity contribution in [3.63, 3.8) is 0 Å². The quantitative estimate of drug-likeness (QED) is 0.725. The van der Waals surface area contributed by atoms with Crippen molar-refractivity contribution < 1.29 is 4.79 Å². The van der Waals surface area contributed by atoms with Crippen LogP contribution in [0.2, 0.25) is 0 Å². The number of pyridine rings is 1. The van der Waals surface area contributed by atoms with Gasteiger partial charge in [0.2, 0.25) is 0 Å². The van der Waals surface area contributed by atoms with E-state index in [2.05, 4.69) is 36.0 Å². The summed E-state index contributed by atoms with van der Waals surface area (Å²) in [6.07, 6.45) is 3.82. The fraction of sp³-hybridized carbons (Fsp3) is 0.600. The molecule has 1 unspecified atom stereocenters. The second kappa shape index (κ2) is 8.53. The minimum absolute atomic E-state index is 0.263. The van der Waals surface area contributed by atoms with E-state index < -0.39 is 5.91 Å². The molecule has 0 aliphatic rings. The number of rotatable bonds is 9. The molecule has 0 aromatic carbocycles. The van der Waals surface area contributed by atoms with Crippen LogP contribution in [0, 0.1) is 0 Å². The highest BCUT2D eigenvalue weighted by molar-refractivity contribution is 5.97. The first-order valence-electron chi connectivity index (χ1n) is 7.32. The molecule has 0 bridgehead atoms. The van der Waals surface area contributed by atoms with Gasteiger partial charge in [-0.1, -0.05) is 13.8 Å². The molecule has 1 rings (SSSR count). The fourth-order valence-corrected chi connectivity index (χ4v) is 2.19. The number of hydrogen-bond donors (Lipinski definition) is 2. The van der Waals surface area contributed by atoms with E-state index in [1.54, 1.807) is 18.3 Å². The Morgan fingerprint density at radius 2 is 2.15 bits per heavy atom. The van der Waals surface area contributed by atoms with Crippen molar-refractivity contribution in [3.05, 3.63) is 23.9 Å². The lowest BCUT2D eigenvalue weighted by atomic mass is 10.1. The van der Waals surface area contributed by atoms with E-state index in [0.29, 0.717) is 11.4 Å². The predicted molar refractivity (Wildman–Crippen MR) is 82.9 cm³/mol. The van der Waals surface area contributed by atoms with Gasteiger partial charge in [-0.25, -0.2) is 4.98 Å². The summed E-state index contributed by atoms with van der Waals surface area (Å²) in [7, 11) is 0. The molecule has 5 nitrogen and oxygen atoms in total. The van der Waals surface area contributed by atoms with Crippen LogP contribution in [0.25, 0.3) is 0 Å². The molecule has 5 heteroatoms. The van der Waals surface area contributed by atoms with Crippen LogP contribution in [-0.4, -0.2) is 41.5 Å². The number of amides is 1. The number of hydrogen-bond acceptors (Lipinski definition) is 4. The number of nitrogens with two attached hydrogens (primary N) is 1. The van der Waals surface area contributed by atoms with Gasteiger partial charge in [0.15, 0.2) is 0 Å². The highest BCUT2D eigenvalue weighted by atomic mass is 16.1. The molecule has 0 aliphatic heterocycles. The first-order chi connectivity index (χ1) is 9.58. The van der Waals surface area contributed by atoms with Crippen molar-refractivity contribution in [1.82, 2.24) is 9.88 Å². The van der Waals surface area contributed by atoms with Crippen LogP contribution in [0.1, 0.15) is 44.0 Å². The number of nitrogens with zero attached hydrogens (tertiary/aromatic N) is 2. The Labute approximate surface area is 121 Å². The molecule has 0 saturated heterocycles. The van der Waals surface area contributed by atoms with Crippen LogP contribution in [0.15, 0.2) is 18.3 Å². The normalized spacial score (nSPS) is 12.4. The Morgan fingerprint density at radius 1 is 1.45 bits per heavy atom. The van der Waals surface area contributed by atoms with E-state index >= 15 is 0 Å². The maximum Gasteiger partial charge on any atom is 0.252 e. The van der Waals surface area contributed by atoms with Gasteiger partial charge in [0.1, 0.15) is 5.82 Å². The topological polar surface area (TPSA) is 71.2 Å². The van der Waals surface area contributed by atoms with Gasteiger partial charge in [-0.2, -0.15) is 0 Å². The van der Waals surface area contributed by atoms with Gasteiger partial charge in [-0.05, 0) is 51.5 Å². The van der Waals surface area contributed by atoms with Gasteiger partial charge in [0.25, 0.3) is 5.91 Å². The Hall–Kier alpha value is -1.62. The SMILES string of the molecule is CCN(CC)CCCC(C)Nc1ncccc1C(N)=O. The minimum Gasteiger partial charge on any atom is -0.367 e. The van der Waals surface area contributed by atoms with Gasteiger partial charge in [0, 0.05) is 12.2 Å². The zero-order valence-electron chi connectivity index (χ0n) is 12.7. The molecule has 1 aromatic rings. The van der Waals surface area contributed by atoms with Crippen molar-refractivity contribution in [3.8, 4) is 0 Å². The number of aromatic nitrogens is 1. The summed E-state index contributed by atoms with van der Waals surface area (Å²) in [4.78, 5) is 17.9. The third kappa shape index (κ3) is 5.17. The van der Waals surface area contributed by atoms with Gasteiger partial charge in [-0.15, -0.1) is 0 Å². The van der Waals surface area contributed by atoms with Crippen LogP contribution in [-0.2, 0) is 0 Å². The van der Waals surface area contributed by atoms with Crippen molar-refractivity contribution >= 4 is 11.7 Å². The number of carbonyl (C=O) groups is 1. The molecular formula is C15H26N4O. The number of carbonyl (C=O) groups excluding carboxylic acids is 1. The van der Waals surface area contributed by atoms with Gasteiger partial charge < -0.3 is 16.0 Å². The summed E-state index contributed by atoms with van der Waals surface area (Å²) in [6.45, 7) is 9.73. The first-order valence-corrected chi connectivity index (χ1v) is 7.32. The summed E-state index contributed by atoms with van der Waals surface area (Å²) < 4.78 is 0. The molecule has 1 heterocycles. The molecule has 0 radical (unpaired) electrons. The summed E-state index contributed by atoms with van der Waals surface area (Å²) in [6, 6.07) is 3.68. The lowest BCUT2D eigenvalue weighted by molar-refractivity contribution is 0.100. The molecule has 1 amide bonds. The number of primary amides is 1. The summed E-state index contributed by atoms with van der Waals surface area (Å²) >= 11 is 0. The Kier molecular flexibility index (Phi) is 7.01. The maximum absolute atomic E-state index is 11.3. The average Bonchev–Trinajstić information content (AvgIpc) is 2.44. The molecule has 1 atom stereocenters. The molecule has 112 valence electrons.